The molecule has 2 heterocycles. The molecule has 0 fully saturated rings. The van der Waals surface area contributed by atoms with Gasteiger partial charge >= 0.3 is 0 Å². The predicted molar refractivity (Wildman–Crippen MR) is 106 cm³/mol. The number of oxazole rings is 1. The lowest BCUT2D eigenvalue weighted by atomic mass is 10.2. The Kier molecular flexibility index (Phi) is 5.28. The van der Waals surface area contributed by atoms with Crippen LogP contribution >= 0.6 is 0 Å². The number of ether oxygens (including phenoxy) is 1. The lowest BCUT2D eigenvalue weighted by Crippen LogP contribution is -2.09. The molecule has 0 atom stereocenters. The zero-order valence-electron chi connectivity index (χ0n) is 15.6. The third-order valence-corrected chi connectivity index (χ3v) is 5.60. The van der Waals surface area contributed by atoms with Crippen molar-refractivity contribution in [2.24, 2.45) is 0 Å². The molecule has 0 saturated carbocycles. The molecule has 0 aliphatic rings. The Bertz CT molecular complexity index is 1220. The summed E-state index contributed by atoms with van der Waals surface area (Å²) in [5.41, 5.74) is 2.88. The highest BCUT2D eigenvalue weighted by Gasteiger charge is 2.22. The van der Waals surface area contributed by atoms with E-state index in [4.69, 9.17) is 13.3 Å². The molecule has 2 aromatic heterocycles. The molecule has 0 aliphatic carbocycles. The van der Waals surface area contributed by atoms with Crippen LogP contribution in [0.2, 0.25) is 0 Å². The van der Waals surface area contributed by atoms with E-state index < -0.39 is 10.1 Å². The Labute approximate surface area is 168 Å². The Balaban J connectivity index is 1.65. The van der Waals surface area contributed by atoms with Gasteiger partial charge in [0.2, 0.25) is 5.88 Å². The van der Waals surface area contributed by atoms with Gasteiger partial charge in [0.25, 0.3) is 10.1 Å². The van der Waals surface area contributed by atoms with Gasteiger partial charge in [0, 0.05) is 0 Å². The van der Waals surface area contributed by atoms with Crippen molar-refractivity contribution in [3.8, 4) is 5.88 Å². The zero-order valence-corrected chi connectivity index (χ0v) is 16.4. The maximum atomic E-state index is 12.5. The number of hydrogen-bond acceptors (Lipinski definition) is 7. The Morgan fingerprint density at radius 2 is 1.66 bits per heavy atom. The van der Waals surface area contributed by atoms with Gasteiger partial charge in [0.15, 0.2) is 12.0 Å². The smallest absolute Gasteiger partial charge is 0.297 e. The Hall–Kier alpha value is -3.23. The van der Waals surface area contributed by atoms with Crippen molar-refractivity contribution >= 4 is 21.2 Å². The van der Waals surface area contributed by atoms with Crippen LogP contribution in [0.5, 0.6) is 5.88 Å². The number of pyridine rings is 1. The molecule has 148 valence electrons. The third kappa shape index (κ3) is 4.13. The highest BCUT2D eigenvalue weighted by atomic mass is 32.2. The van der Waals surface area contributed by atoms with Gasteiger partial charge in [-0.05, 0) is 24.6 Å². The second kappa shape index (κ2) is 8.02. The van der Waals surface area contributed by atoms with Crippen molar-refractivity contribution in [3.63, 3.8) is 0 Å². The van der Waals surface area contributed by atoms with Gasteiger partial charge in [-0.15, -0.1) is 0 Å². The van der Waals surface area contributed by atoms with Crippen LogP contribution in [-0.2, 0) is 27.5 Å². The second-order valence-corrected chi connectivity index (χ2v) is 7.93. The van der Waals surface area contributed by atoms with Gasteiger partial charge in [0.1, 0.15) is 18.7 Å². The second-order valence-electron chi connectivity index (χ2n) is 6.31. The van der Waals surface area contributed by atoms with Gasteiger partial charge in [0.05, 0.1) is 16.2 Å². The van der Waals surface area contributed by atoms with Crippen molar-refractivity contribution in [1.82, 2.24) is 9.97 Å². The van der Waals surface area contributed by atoms with E-state index in [9.17, 15) is 8.42 Å². The SMILES string of the molecule is Cc1nc(OCc2ccccc2)c(COS(=O)(=O)c2ccccc2)c2ocnc12. The van der Waals surface area contributed by atoms with Crippen LogP contribution in [0.25, 0.3) is 11.1 Å². The van der Waals surface area contributed by atoms with Gasteiger partial charge in [-0.1, -0.05) is 48.5 Å². The monoisotopic (exact) mass is 410 g/mol. The molecule has 4 aromatic rings. The Morgan fingerprint density at radius 1 is 0.966 bits per heavy atom. The summed E-state index contributed by atoms with van der Waals surface area (Å²) in [7, 11) is -3.95. The maximum Gasteiger partial charge on any atom is 0.297 e. The summed E-state index contributed by atoms with van der Waals surface area (Å²) < 4.78 is 41.7. The van der Waals surface area contributed by atoms with Crippen molar-refractivity contribution in [3.05, 3.63) is 83.9 Å². The van der Waals surface area contributed by atoms with Crippen molar-refractivity contribution in [2.45, 2.75) is 25.0 Å². The van der Waals surface area contributed by atoms with Crippen LogP contribution in [0, 0.1) is 6.92 Å². The molecule has 0 aliphatic heterocycles. The van der Waals surface area contributed by atoms with E-state index >= 15 is 0 Å². The van der Waals surface area contributed by atoms with E-state index in [0.29, 0.717) is 22.4 Å². The molecule has 8 heteroatoms. The number of nitrogens with zero attached hydrogens (tertiary/aromatic N) is 2. The van der Waals surface area contributed by atoms with Crippen LogP contribution in [0.3, 0.4) is 0 Å². The summed E-state index contributed by atoms with van der Waals surface area (Å²) in [6, 6.07) is 17.5. The maximum absolute atomic E-state index is 12.5. The summed E-state index contributed by atoms with van der Waals surface area (Å²) in [4.78, 5) is 8.66. The normalized spacial score (nSPS) is 11.6. The Morgan fingerprint density at radius 3 is 2.38 bits per heavy atom. The minimum atomic E-state index is -3.95. The van der Waals surface area contributed by atoms with Crippen LogP contribution in [-0.4, -0.2) is 18.4 Å². The van der Waals surface area contributed by atoms with E-state index in [0.717, 1.165) is 5.56 Å². The first-order valence-corrected chi connectivity index (χ1v) is 10.3. The fourth-order valence-corrected chi connectivity index (χ4v) is 3.75. The lowest BCUT2D eigenvalue weighted by Gasteiger charge is -2.12. The van der Waals surface area contributed by atoms with Gasteiger partial charge in [-0.25, -0.2) is 9.97 Å². The van der Waals surface area contributed by atoms with Crippen molar-refractivity contribution in [2.75, 3.05) is 0 Å². The van der Waals surface area contributed by atoms with Crippen LogP contribution < -0.4 is 4.74 Å². The average Bonchev–Trinajstić information content (AvgIpc) is 3.24. The number of rotatable bonds is 7. The molecule has 7 nitrogen and oxygen atoms in total. The quantitative estimate of drug-likeness (QED) is 0.425. The summed E-state index contributed by atoms with van der Waals surface area (Å²) in [5.74, 6) is 0.249. The molecule has 0 bridgehead atoms. The molecule has 0 saturated heterocycles. The molecular weight excluding hydrogens is 392 g/mol. The standard InChI is InChI=1S/C21H18N2O5S/c1-15-19-20(27-14-22-19)18(13-28-29(24,25)17-10-6-3-7-11-17)21(23-15)26-12-16-8-4-2-5-9-16/h2-11,14H,12-13H2,1H3. The molecule has 0 amide bonds. The number of benzene rings is 2. The average molecular weight is 410 g/mol. The minimum Gasteiger partial charge on any atom is -0.472 e. The van der Waals surface area contributed by atoms with E-state index in [1.165, 1.54) is 18.5 Å². The van der Waals surface area contributed by atoms with Crippen molar-refractivity contribution in [1.29, 1.82) is 0 Å². The lowest BCUT2D eigenvalue weighted by molar-refractivity contribution is 0.267. The molecule has 0 N–H and O–H groups in total. The van der Waals surface area contributed by atoms with Crippen LogP contribution in [0.1, 0.15) is 16.8 Å². The third-order valence-electron chi connectivity index (χ3n) is 4.32. The molecule has 0 spiro atoms. The molecule has 2 aromatic carbocycles. The number of aromatic nitrogens is 2. The molecular formula is C21H18N2O5S. The van der Waals surface area contributed by atoms with Crippen LogP contribution in [0.4, 0.5) is 0 Å². The van der Waals surface area contributed by atoms with Gasteiger partial charge < -0.3 is 9.15 Å². The minimum absolute atomic E-state index is 0.0700. The summed E-state index contributed by atoms with van der Waals surface area (Å²) in [6.45, 7) is 1.76. The highest BCUT2D eigenvalue weighted by molar-refractivity contribution is 7.86. The number of aryl methyl sites for hydroxylation is 1. The van der Waals surface area contributed by atoms with Crippen LogP contribution in [0.15, 0.2) is 76.4 Å². The van der Waals surface area contributed by atoms with Gasteiger partial charge in [-0.2, -0.15) is 8.42 Å². The molecule has 4 rings (SSSR count). The predicted octanol–water partition coefficient (Wildman–Crippen LogP) is 4.02. The topological polar surface area (TPSA) is 91.5 Å². The highest BCUT2D eigenvalue weighted by Crippen LogP contribution is 2.30. The summed E-state index contributed by atoms with van der Waals surface area (Å²) >= 11 is 0. The summed E-state index contributed by atoms with van der Waals surface area (Å²) in [5, 5.41) is 0. The van der Waals surface area contributed by atoms with E-state index in [1.54, 1.807) is 25.1 Å². The first-order valence-electron chi connectivity index (χ1n) is 8.88. The molecule has 0 unspecified atom stereocenters. The van der Waals surface area contributed by atoms with E-state index in [1.807, 2.05) is 30.3 Å². The first-order chi connectivity index (χ1) is 14.0. The zero-order chi connectivity index (χ0) is 20.3. The molecule has 0 radical (unpaired) electrons. The number of fused-ring (bicyclic) bond motifs is 1. The van der Waals surface area contributed by atoms with E-state index in [2.05, 4.69) is 9.97 Å². The summed E-state index contributed by atoms with van der Waals surface area (Å²) in [6.07, 6.45) is 1.29. The van der Waals surface area contributed by atoms with Gasteiger partial charge in [-0.3, -0.25) is 4.18 Å². The fourth-order valence-electron chi connectivity index (χ4n) is 2.85. The largest absolute Gasteiger partial charge is 0.472 e. The fraction of sp³-hybridized carbons (Fsp3) is 0.143. The van der Waals surface area contributed by atoms with Crippen molar-refractivity contribution < 1.29 is 21.8 Å². The molecule has 29 heavy (non-hydrogen) atoms. The first kappa shape index (κ1) is 19.1. The number of hydrogen-bond donors (Lipinski definition) is 0. The van der Waals surface area contributed by atoms with E-state index in [-0.39, 0.29) is 24.0 Å².